The summed E-state index contributed by atoms with van der Waals surface area (Å²) in [4.78, 5) is 24.5. The number of amides is 1. The number of nitrogens with one attached hydrogen (secondary N) is 2. The smallest absolute Gasteiger partial charge is 0.273 e. The van der Waals surface area contributed by atoms with Crippen molar-refractivity contribution in [3.8, 4) is 5.69 Å². The molecule has 8 nitrogen and oxygen atoms in total. The van der Waals surface area contributed by atoms with Gasteiger partial charge < -0.3 is 0 Å². The molecule has 0 radical (unpaired) electrons. The number of aromatic nitrogens is 5. The van der Waals surface area contributed by atoms with Crippen molar-refractivity contribution in [3.63, 3.8) is 0 Å². The number of benzene rings is 1. The van der Waals surface area contributed by atoms with E-state index in [4.69, 9.17) is 0 Å². The van der Waals surface area contributed by atoms with Crippen molar-refractivity contribution in [2.75, 3.05) is 5.32 Å². The fourth-order valence-corrected chi connectivity index (χ4v) is 3.66. The summed E-state index contributed by atoms with van der Waals surface area (Å²) in [6, 6.07) is 7.43. The molecule has 0 spiro atoms. The summed E-state index contributed by atoms with van der Waals surface area (Å²) in [5.74, 6) is -0.103. The maximum Gasteiger partial charge on any atom is 0.273 e. The van der Waals surface area contributed by atoms with E-state index >= 15 is 0 Å². The topological polar surface area (TPSA) is 97.1 Å². The van der Waals surface area contributed by atoms with E-state index in [0.29, 0.717) is 22.3 Å². The molecule has 3 aromatic heterocycles. The predicted octanol–water partition coefficient (Wildman–Crippen LogP) is 2.25. The minimum Gasteiger partial charge on any atom is -0.292 e. The van der Waals surface area contributed by atoms with Crippen LogP contribution < -0.4 is 10.9 Å². The number of nitrogens with zero attached hydrogens (tertiary/aromatic N) is 4. The number of aryl methyl sites for hydroxylation is 1. The molecule has 25 heavy (non-hydrogen) atoms. The van der Waals surface area contributed by atoms with Gasteiger partial charge in [0.05, 0.1) is 15.8 Å². The largest absolute Gasteiger partial charge is 0.292 e. The standard InChI is InChI=1S/C16H14N6O2S/c1-8(2)14(23)17-16-19-18-13-12(9(3)20-21(13)16)22-15(24)10-6-4-5-7-11(10)25-22/h4-7,20H,1H2,2-3H3,(H,17,19,23). The van der Waals surface area contributed by atoms with E-state index in [1.807, 2.05) is 25.1 Å². The molecular formula is C16H14N6O2S. The lowest BCUT2D eigenvalue weighted by atomic mass is 10.3. The molecule has 4 aromatic rings. The van der Waals surface area contributed by atoms with Crippen LogP contribution in [-0.4, -0.2) is 29.7 Å². The van der Waals surface area contributed by atoms with Crippen molar-refractivity contribution < 1.29 is 4.79 Å². The van der Waals surface area contributed by atoms with Gasteiger partial charge in [-0.05, 0) is 26.0 Å². The summed E-state index contributed by atoms with van der Waals surface area (Å²) in [5, 5.41) is 14.5. The van der Waals surface area contributed by atoms with Gasteiger partial charge in [0.2, 0.25) is 5.65 Å². The van der Waals surface area contributed by atoms with E-state index in [9.17, 15) is 9.59 Å². The summed E-state index contributed by atoms with van der Waals surface area (Å²) < 4.78 is 4.02. The molecule has 0 saturated heterocycles. The second kappa shape index (κ2) is 5.42. The minimum absolute atomic E-state index is 0.110. The van der Waals surface area contributed by atoms with Crippen LogP contribution in [0.3, 0.4) is 0 Å². The third-order valence-electron chi connectivity index (χ3n) is 3.82. The molecule has 126 valence electrons. The van der Waals surface area contributed by atoms with Crippen LogP contribution >= 0.6 is 11.5 Å². The van der Waals surface area contributed by atoms with E-state index in [0.717, 1.165) is 10.4 Å². The summed E-state index contributed by atoms with van der Waals surface area (Å²) in [6.45, 7) is 7.04. The van der Waals surface area contributed by atoms with Gasteiger partial charge in [-0.15, -0.1) is 10.2 Å². The van der Waals surface area contributed by atoms with Gasteiger partial charge in [-0.1, -0.05) is 30.2 Å². The maximum atomic E-state index is 12.7. The first-order chi connectivity index (χ1) is 12.0. The Kier molecular flexibility index (Phi) is 3.32. The number of hydrogen-bond acceptors (Lipinski definition) is 5. The molecule has 0 aliphatic carbocycles. The first-order valence-electron chi connectivity index (χ1n) is 7.49. The van der Waals surface area contributed by atoms with E-state index < -0.39 is 0 Å². The summed E-state index contributed by atoms with van der Waals surface area (Å²) in [7, 11) is 0. The lowest BCUT2D eigenvalue weighted by Gasteiger charge is -1.99. The van der Waals surface area contributed by atoms with Crippen molar-refractivity contribution in [3.05, 3.63) is 52.5 Å². The molecule has 0 fully saturated rings. The van der Waals surface area contributed by atoms with Gasteiger partial charge in [-0.25, -0.2) is 3.96 Å². The monoisotopic (exact) mass is 354 g/mol. The fourth-order valence-electron chi connectivity index (χ4n) is 2.58. The van der Waals surface area contributed by atoms with Gasteiger partial charge in [-0.2, -0.15) is 4.52 Å². The molecule has 2 N–H and O–H groups in total. The van der Waals surface area contributed by atoms with Gasteiger partial charge in [0.15, 0.2) is 0 Å². The molecule has 1 amide bonds. The van der Waals surface area contributed by atoms with Gasteiger partial charge in [-0.3, -0.25) is 20.0 Å². The van der Waals surface area contributed by atoms with E-state index in [1.165, 1.54) is 11.5 Å². The number of hydrogen-bond donors (Lipinski definition) is 2. The molecule has 0 atom stereocenters. The van der Waals surface area contributed by atoms with Crippen LogP contribution in [-0.2, 0) is 4.79 Å². The molecule has 0 unspecified atom stereocenters. The van der Waals surface area contributed by atoms with Crippen LogP contribution in [0.2, 0.25) is 0 Å². The number of aromatic amines is 1. The van der Waals surface area contributed by atoms with Crippen molar-refractivity contribution in [2.24, 2.45) is 0 Å². The number of fused-ring (bicyclic) bond motifs is 2. The zero-order valence-corrected chi connectivity index (χ0v) is 14.3. The zero-order chi connectivity index (χ0) is 17.7. The summed E-state index contributed by atoms with van der Waals surface area (Å²) in [5.41, 5.74) is 2.07. The third-order valence-corrected chi connectivity index (χ3v) is 4.90. The van der Waals surface area contributed by atoms with E-state index in [-0.39, 0.29) is 17.4 Å². The average molecular weight is 354 g/mol. The molecule has 1 aromatic carbocycles. The van der Waals surface area contributed by atoms with Gasteiger partial charge in [0, 0.05) is 5.57 Å². The van der Waals surface area contributed by atoms with Crippen LogP contribution in [0, 0.1) is 6.92 Å². The lowest BCUT2D eigenvalue weighted by molar-refractivity contribution is -0.112. The lowest BCUT2D eigenvalue weighted by Crippen LogP contribution is -2.14. The number of carbonyl (C=O) groups excluding carboxylic acids is 1. The van der Waals surface area contributed by atoms with Gasteiger partial charge >= 0.3 is 0 Å². The molecule has 3 heterocycles. The normalized spacial score (nSPS) is 11.3. The molecule has 0 saturated carbocycles. The Morgan fingerprint density at radius 2 is 2.08 bits per heavy atom. The highest BCUT2D eigenvalue weighted by atomic mass is 32.1. The molecule has 4 rings (SSSR count). The highest BCUT2D eigenvalue weighted by Gasteiger charge is 2.20. The van der Waals surface area contributed by atoms with Crippen molar-refractivity contribution in [1.82, 2.24) is 23.8 Å². The van der Waals surface area contributed by atoms with Crippen LogP contribution in [0.1, 0.15) is 12.6 Å². The number of anilines is 1. The maximum absolute atomic E-state index is 12.7. The van der Waals surface area contributed by atoms with Crippen molar-refractivity contribution in [1.29, 1.82) is 0 Å². The quantitative estimate of drug-likeness (QED) is 0.551. The molecule has 0 aliphatic rings. The van der Waals surface area contributed by atoms with Crippen LogP contribution in [0.4, 0.5) is 5.95 Å². The zero-order valence-electron chi connectivity index (χ0n) is 13.5. The second-order valence-electron chi connectivity index (χ2n) is 5.69. The van der Waals surface area contributed by atoms with Crippen molar-refractivity contribution >= 4 is 39.1 Å². The summed E-state index contributed by atoms with van der Waals surface area (Å²) in [6.07, 6.45) is 0. The molecular weight excluding hydrogens is 340 g/mol. The highest BCUT2D eigenvalue weighted by molar-refractivity contribution is 7.14. The van der Waals surface area contributed by atoms with Gasteiger partial charge in [0.25, 0.3) is 17.4 Å². The molecule has 0 aliphatic heterocycles. The average Bonchev–Trinajstić information content (AvgIpc) is 3.21. The predicted molar refractivity (Wildman–Crippen MR) is 96.5 cm³/mol. The minimum atomic E-state index is -0.345. The van der Waals surface area contributed by atoms with E-state index in [1.54, 1.807) is 21.5 Å². The number of rotatable bonds is 3. The Bertz CT molecular complexity index is 1210. The number of H-pyrrole nitrogens is 1. The second-order valence-corrected chi connectivity index (χ2v) is 6.68. The summed E-state index contributed by atoms with van der Waals surface area (Å²) >= 11 is 1.34. The molecule has 9 heteroatoms. The Balaban J connectivity index is 1.91. The Hall–Kier alpha value is -3.20. The first kappa shape index (κ1) is 15.3. The number of carbonyl (C=O) groups is 1. The Morgan fingerprint density at radius 3 is 2.80 bits per heavy atom. The van der Waals surface area contributed by atoms with Crippen LogP contribution in [0.25, 0.3) is 21.4 Å². The Morgan fingerprint density at radius 1 is 1.32 bits per heavy atom. The fraction of sp³-hybridized carbons (Fsp3) is 0.125. The SMILES string of the molecule is C=C(C)C(=O)Nc1nnc2c(-n3sc4ccccc4c3=O)c(C)[nH]n12. The van der Waals surface area contributed by atoms with Gasteiger partial charge in [0.1, 0.15) is 5.69 Å². The van der Waals surface area contributed by atoms with Crippen molar-refractivity contribution in [2.45, 2.75) is 13.8 Å². The third kappa shape index (κ3) is 2.28. The molecule has 0 bridgehead atoms. The Labute approximate surface area is 145 Å². The van der Waals surface area contributed by atoms with Crippen LogP contribution in [0.15, 0.2) is 41.2 Å². The first-order valence-corrected chi connectivity index (χ1v) is 8.26. The van der Waals surface area contributed by atoms with E-state index in [2.05, 4.69) is 27.2 Å². The van der Waals surface area contributed by atoms with Crippen LogP contribution in [0.5, 0.6) is 0 Å². The highest BCUT2D eigenvalue weighted by Crippen LogP contribution is 2.25.